The minimum Gasteiger partial charge on any atom is -0.504 e. The summed E-state index contributed by atoms with van der Waals surface area (Å²) in [5.74, 6) is -0.220. The van der Waals surface area contributed by atoms with Crippen LogP contribution in [0.3, 0.4) is 0 Å². The average molecular weight is 328 g/mol. The van der Waals surface area contributed by atoms with Crippen molar-refractivity contribution >= 4 is 11.0 Å². The molecule has 0 fully saturated rings. The zero-order chi connectivity index (χ0) is 17.3. The lowest BCUT2D eigenvalue weighted by atomic mass is 10.0. The first-order valence-corrected chi connectivity index (χ1v) is 7.22. The molecule has 124 valence electrons. The normalized spacial score (nSPS) is 10.8. The number of aromatic hydroxyl groups is 1. The van der Waals surface area contributed by atoms with Crippen molar-refractivity contribution < 1.29 is 24.1 Å². The van der Waals surface area contributed by atoms with E-state index in [4.69, 9.17) is 13.9 Å². The molecule has 0 saturated carbocycles. The van der Waals surface area contributed by atoms with Gasteiger partial charge in [0.25, 0.3) is 5.95 Å². The molecule has 0 atom stereocenters. The third-order valence-electron chi connectivity index (χ3n) is 3.76. The summed E-state index contributed by atoms with van der Waals surface area (Å²) in [6, 6.07) is 10.2. The van der Waals surface area contributed by atoms with Crippen molar-refractivity contribution in [1.82, 2.24) is 0 Å². The number of fused-ring (bicyclic) bond motifs is 1. The second-order valence-electron chi connectivity index (χ2n) is 5.11. The summed E-state index contributed by atoms with van der Waals surface area (Å²) in [7, 11) is 2.74. The number of benzene rings is 2. The molecule has 0 aliphatic carbocycles. The maximum Gasteiger partial charge on any atom is 0.296 e. The number of aliphatic hydroxyl groups is 1. The lowest BCUT2D eigenvalue weighted by Crippen LogP contribution is -2.10. The van der Waals surface area contributed by atoms with E-state index >= 15 is 0 Å². The largest absolute Gasteiger partial charge is 0.504 e. The maximum atomic E-state index is 13.1. The van der Waals surface area contributed by atoms with E-state index in [9.17, 15) is 15.0 Å². The van der Waals surface area contributed by atoms with E-state index in [2.05, 4.69) is 0 Å². The van der Waals surface area contributed by atoms with Crippen LogP contribution in [0.4, 0.5) is 0 Å². The highest BCUT2D eigenvalue weighted by atomic mass is 16.6. The van der Waals surface area contributed by atoms with E-state index in [0.717, 1.165) is 0 Å². The topological polar surface area (TPSA) is 89.1 Å². The van der Waals surface area contributed by atoms with Crippen LogP contribution in [-0.4, -0.2) is 24.4 Å². The first-order chi connectivity index (χ1) is 11.6. The molecule has 0 radical (unpaired) electrons. The fourth-order valence-electron chi connectivity index (χ4n) is 2.69. The van der Waals surface area contributed by atoms with Gasteiger partial charge in [0.1, 0.15) is 10.9 Å². The molecule has 1 aromatic heterocycles. The lowest BCUT2D eigenvalue weighted by molar-refractivity contribution is 0.276. The Morgan fingerprint density at radius 1 is 1.12 bits per heavy atom. The predicted octanol–water partition coefficient (Wildman–Crippen LogP) is 2.68. The molecule has 0 bridgehead atoms. The van der Waals surface area contributed by atoms with E-state index in [-0.39, 0.29) is 39.5 Å². The predicted molar refractivity (Wildman–Crippen MR) is 88.6 cm³/mol. The highest BCUT2D eigenvalue weighted by Gasteiger charge is 2.23. The van der Waals surface area contributed by atoms with Crippen molar-refractivity contribution in [3.8, 4) is 28.6 Å². The highest BCUT2D eigenvalue weighted by molar-refractivity contribution is 5.92. The molecule has 0 aliphatic heterocycles. The Morgan fingerprint density at radius 3 is 2.42 bits per heavy atom. The Balaban J connectivity index is 2.51. The summed E-state index contributed by atoms with van der Waals surface area (Å²) < 4.78 is 16.1. The maximum absolute atomic E-state index is 13.1. The number of phenols is 1. The lowest BCUT2D eigenvalue weighted by Gasteiger charge is -2.13. The standard InChI is InChI=1S/C18H16O6/c1-22-17-12(20)8-11(9-19)16-14(17)15(21)13(18(23-2)24-16)10-6-4-3-5-7-10/h3-8,19-20H,9H2,1-2H3. The van der Waals surface area contributed by atoms with Crippen molar-refractivity contribution in [2.24, 2.45) is 0 Å². The van der Waals surface area contributed by atoms with E-state index in [0.29, 0.717) is 5.56 Å². The van der Waals surface area contributed by atoms with Gasteiger partial charge in [-0.25, -0.2) is 0 Å². The molecule has 3 rings (SSSR count). The number of phenolic OH excluding ortho intramolecular Hbond substituents is 1. The van der Waals surface area contributed by atoms with Gasteiger partial charge in [0.05, 0.1) is 20.8 Å². The van der Waals surface area contributed by atoms with Crippen molar-refractivity contribution in [3.63, 3.8) is 0 Å². The quantitative estimate of drug-likeness (QED) is 0.765. The smallest absolute Gasteiger partial charge is 0.296 e. The van der Waals surface area contributed by atoms with Crippen LogP contribution in [0.5, 0.6) is 17.4 Å². The van der Waals surface area contributed by atoms with E-state index in [1.165, 1.54) is 20.3 Å². The molecular weight excluding hydrogens is 312 g/mol. The van der Waals surface area contributed by atoms with Crippen LogP contribution in [0, 0.1) is 0 Å². The number of hydrogen-bond donors (Lipinski definition) is 2. The molecule has 2 N–H and O–H groups in total. The van der Waals surface area contributed by atoms with Gasteiger partial charge in [-0.1, -0.05) is 30.3 Å². The van der Waals surface area contributed by atoms with Gasteiger partial charge in [-0.3, -0.25) is 4.79 Å². The Bertz CT molecular complexity index is 943. The number of aliphatic hydroxyl groups excluding tert-OH is 1. The van der Waals surface area contributed by atoms with Crippen LogP contribution < -0.4 is 14.9 Å². The Labute approximate surface area is 137 Å². The monoisotopic (exact) mass is 328 g/mol. The summed E-state index contributed by atoms with van der Waals surface area (Å²) in [4.78, 5) is 13.1. The summed E-state index contributed by atoms with van der Waals surface area (Å²) in [6.07, 6.45) is 0. The summed E-state index contributed by atoms with van der Waals surface area (Å²) in [5.41, 5.74) is 0.799. The van der Waals surface area contributed by atoms with Gasteiger partial charge in [0.2, 0.25) is 5.43 Å². The summed E-state index contributed by atoms with van der Waals surface area (Å²) >= 11 is 0. The first kappa shape index (κ1) is 15.9. The van der Waals surface area contributed by atoms with Gasteiger partial charge >= 0.3 is 0 Å². The van der Waals surface area contributed by atoms with Crippen molar-refractivity contribution in [1.29, 1.82) is 0 Å². The first-order valence-electron chi connectivity index (χ1n) is 7.22. The number of ether oxygens (including phenoxy) is 2. The molecule has 6 heteroatoms. The Hall–Kier alpha value is -2.99. The molecule has 6 nitrogen and oxygen atoms in total. The molecule has 0 aliphatic rings. The number of methoxy groups -OCH3 is 2. The van der Waals surface area contributed by atoms with Crippen LogP contribution >= 0.6 is 0 Å². The SMILES string of the molecule is COc1oc2c(CO)cc(O)c(OC)c2c(=O)c1-c1ccccc1. The molecular formula is C18H16O6. The zero-order valence-corrected chi connectivity index (χ0v) is 13.2. The van der Waals surface area contributed by atoms with Crippen LogP contribution in [-0.2, 0) is 6.61 Å². The van der Waals surface area contributed by atoms with E-state index < -0.39 is 12.0 Å². The molecule has 0 saturated heterocycles. The van der Waals surface area contributed by atoms with Gasteiger partial charge in [0.15, 0.2) is 17.1 Å². The minimum absolute atomic E-state index is 0.00390. The van der Waals surface area contributed by atoms with Gasteiger partial charge in [-0.2, -0.15) is 0 Å². The number of hydrogen-bond acceptors (Lipinski definition) is 6. The second kappa shape index (κ2) is 6.25. The van der Waals surface area contributed by atoms with Crippen LogP contribution in [0.1, 0.15) is 5.56 Å². The minimum atomic E-state index is -0.415. The van der Waals surface area contributed by atoms with Gasteiger partial charge < -0.3 is 24.1 Å². The summed E-state index contributed by atoms with van der Waals surface area (Å²) in [6.45, 7) is -0.412. The Morgan fingerprint density at radius 2 is 1.83 bits per heavy atom. The van der Waals surface area contributed by atoms with Gasteiger partial charge in [-0.15, -0.1) is 0 Å². The molecule has 1 heterocycles. The van der Waals surface area contributed by atoms with Crippen molar-refractivity contribution in [2.45, 2.75) is 6.61 Å². The number of rotatable bonds is 4. The molecule has 2 aromatic carbocycles. The molecule has 0 unspecified atom stereocenters. The van der Waals surface area contributed by atoms with Gasteiger partial charge in [-0.05, 0) is 11.6 Å². The third kappa shape index (κ3) is 2.37. The molecule has 3 aromatic rings. The molecule has 0 amide bonds. The Kier molecular flexibility index (Phi) is 4.14. The van der Waals surface area contributed by atoms with E-state index in [1.54, 1.807) is 24.3 Å². The van der Waals surface area contributed by atoms with Crippen molar-refractivity contribution in [3.05, 3.63) is 52.2 Å². The van der Waals surface area contributed by atoms with Crippen LogP contribution in [0.2, 0.25) is 0 Å². The fourth-order valence-corrected chi connectivity index (χ4v) is 2.69. The fraction of sp³-hybridized carbons (Fsp3) is 0.167. The van der Waals surface area contributed by atoms with Crippen molar-refractivity contribution in [2.75, 3.05) is 14.2 Å². The molecule has 24 heavy (non-hydrogen) atoms. The molecule has 0 spiro atoms. The van der Waals surface area contributed by atoms with Crippen LogP contribution in [0.15, 0.2) is 45.6 Å². The second-order valence-corrected chi connectivity index (χ2v) is 5.11. The zero-order valence-electron chi connectivity index (χ0n) is 13.2. The van der Waals surface area contributed by atoms with E-state index in [1.807, 2.05) is 6.07 Å². The third-order valence-corrected chi connectivity index (χ3v) is 3.76. The van der Waals surface area contributed by atoms with Gasteiger partial charge in [0, 0.05) is 5.56 Å². The van der Waals surface area contributed by atoms with Crippen LogP contribution in [0.25, 0.3) is 22.1 Å². The highest BCUT2D eigenvalue weighted by Crippen LogP contribution is 2.39. The summed E-state index contributed by atoms with van der Waals surface area (Å²) in [5, 5.41) is 19.7. The average Bonchev–Trinajstić information content (AvgIpc) is 2.61.